The number of nitrogen functional groups attached to an aromatic ring is 1. The van der Waals surface area contributed by atoms with Gasteiger partial charge in [-0.2, -0.15) is 0 Å². The third-order valence-corrected chi connectivity index (χ3v) is 3.21. The standard InChI is InChI=1S/C14H21ClN2O/c1-3-4-5-6-7-14(18)17(2)13-10-11(15)8-9-12(13)16/h8-10H,3-7,16H2,1-2H3. The molecule has 0 unspecified atom stereocenters. The molecule has 0 aliphatic heterocycles. The van der Waals surface area contributed by atoms with Crippen molar-refractivity contribution in [2.24, 2.45) is 0 Å². The van der Waals surface area contributed by atoms with E-state index >= 15 is 0 Å². The van der Waals surface area contributed by atoms with E-state index in [1.165, 1.54) is 12.8 Å². The Kier molecular flexibility index (Phi) is 5.99. The van der Waals surface area contributed by atoms with Crippen LogP contribution in [0.1, 0.15) is 39.0 Å². The number of amides is 1. The van der Waals surface area contributed by atoms with Gasteiger partial charge in [0.25, 0.3) is 0 Å². The number of hydrogen-bond donors (Lipinski definition) is 1. The minimum absolute atomic E-state index is 0.0834. The van der Waals surface area contributed by atoms with E-state index in [0.717, 1.165) is 12.8 Å². The number of nitrogens with zero attached hydrogens (tertiary/aromatic N) is 1. The molecule has 2 N–H and O–H groups in total. The summed E-state index contributed by atoms with van der Waals surface area (Å²) in [6, 6.07) is 5.17. The Bertz CT molecular complexity index is 407. The molecule has 18 heavy (non-hydrogen) atoms. The molecule has 100 valence electrons. The van der Waals surface area contributed by atoms with Crippen LogP contribution in [0.25, 0.3) is 0 Å². The summed E-state index contributed by atoms with van der Waals surface area (Å²) in [5.41, 5.74) is 7.11. The topological polar surface area (TPSA) is 46.3 Å². The van der Waals surface area contributed by atoms with Gasteiger partial charge in [0.2, 0.25) is 5.91 Å². The number of carbonyl (C=O) groups excluding carboxylic acids is 1. The molecule has 1 amide bonds. The van der Waals surface area contributed by atoms with Crippen molar-refractivity contribution in [1.82, 2.24) is 0 Å². The largest absolute Gasteiger partial charge is 0.397 e. The molecule has 0 aromatic heterocycles. The van der Waals surface area contributed by atoms with Crippen LogP contribution in [0.15, 0.2) is 18.2 Å². The fourth-order valence-corrected chi connectivity index (χ4v) is 1.98. The summed E-state index contributed by atoms with van der Waals surface area (Å²) >= 11 is 5.92. The molecule has 4 heteroatoms. The van der Waals surface area contributed by atoms with Crippen LogP contribution in [-0.2, 0) is 4.79 Å². The molecule has 0 heterocycles. The predicted octanol–water partition coefficient (Wildman–Crippen LogP) is 3.86. The van der Waals surface area contributed by atoms with Crippen LogP contribution in [0.5, 0.6) is 0 Å². The number of carbonyl (C=O) groups is 1. The highest BCUT2D eigenvalue weighted by molar-refractivity contribution is 6.31. The van der Waals surface area contributed by atoms with Crippen molar-refractivity contribution in [1.29, 1.82) is 0 Å². The summed E-state index contributed by atoms with van der Waals surface area (Å²) in [6.45, 7) is 2.15. The highest BCUT2D eigenvalue weighted by Gasteiger charge is 2.13. The average molecular weight is 269 g/mol. The Morgan fingerprint density at radius 1 is 1.33 bits per heavy atom. The van der Waals surface area contributed by atoms with Crippen LogP contribution in [-0.4, -0.2) is 13.0 Å². The van der Waals surface area contributed by atoms with Crippen LogP contribution in [0.4, 0.5) is 11.4 Å². The van der Waals surface area contributed by atoms with Gasteiger partial charge in [-0.15, -0.1) is 0 Å². The molecular formula is C14H21ClN2O. The van der Waals surface area contributed by atoms with E-state index in [1.807, 2.05) is 0 Å². The quantitative estimate of drug-likeness (QED) is 0.629. The number of anilines is 2. The molecule has 0 spiro atoms. The van der Waals surface area contributed by atoms with Crippen LogP contribution in [0.2, 0.25) is 5.02 Å². The zero-order chi connectivity index (χ0) is 13.5. The Hall–Kier alpha value is -1.22. The molecule has 1 aromatic rings. The number of rotatable bonds is 6. The van der Waals surface area contributed by atoms with Crippen molar-refractivity contribution in [2.75, 3.05) is 17.7 Å². The number of halogens is 1. The van der Waals surface area contributed by atoms with E-state index in [2.05, 4.69) is 6.92 Å². The summed E-state index contributed by atoms with van der Waals surface area (Å²) < 4.78 is 0. The van der Waals surface area contributed by atoms with E-state index in [1.54, 1.807) is 30.1 Å². The van der Waals surface area contributed by atoms with Crippen molar-refractivity contribution in [2.45, 2.75) is 39.0 Å². The van der Waals surface area contributed by atoms with Gasteiger partial charge in [0.15, 0.2) is 0 Å². The van der Waals surface area contributed by atoms with Gasteiger partial charge in [-0.05, 0) is 24.6 Å². The fraction of sp³-hybridized carbons (Fsp3) is 0.500. The van der Waals surface area contributed by atoms with Crippen LogP contribution in [0, 0.1) is 0 Å². The maximum absolute atomic E-state index is 12.0. The molecule has 3 nitrogen and oxygen atoms in total. The van der Waals surface area contributed by atoms with Gasteiger partial charge in [0.05, 0.1) is 11.4 Å². The Labute approximate surface area is 114 Å². The predicted molar refractivity (Wildman–Crippen MR) is 78.0 cm³/mol. The average Bonchev–Trinajstić information content (AvgIpc) is 2.36. The second-order valence-electron chi connectivity index (χ2n) is 4.47. The Morgan fingerprint density at radius 2 is 2.06 bits per heavy atom. The van der Waals surface area contributed by atoms with Crippen molar-refractivity contribution >= 4 is 28.9 Å². The van der Waals surface area contributed by atoms with Gasteiger partial charge in [-0.3, -0.25) is 4.79 Å². The van der Waals surface area contributed by atoms with Crippen molar-refractivity contribution in [3.63, 3.8) is 0 Å². The molecule has 0 saturated heterocycles. The lowest BCUT2D eigenvalue weighted by Gasteiger charge is -2.19. The molecule has 0 saturated carbocycles. The summed E-state index contributed by atoms with van der Waals surface area (Å²) in [6.07, 6.45) is 4.93. The summed E-state index contributed by atoms with van der Waals surface area (Å²) in [7, 11) is 1.74. The molecule has 1 aromatic carbocycles. The van der Waals surface area contributed by atoms with Crippen LogP contribution in [0.3, 0.4) is 0 Å². The highest BCUT2D eigenvalue weighted by atomic mass is 35.5. The van der Waals surface area contributed by atoms with Gasteiger partial charge in [-0.25, -0.2) is 0 Å². The molecule has 0 atom stereocenters. The van der Waals surface area contributed by atoms with E-state index in [4.69, 9.17) is 17.3 Å². The minimum Gasteiger partial charge on any atom is -0.397 e. The molecule has 0 fully saturated rings. The molecule has 0 radical (unpaired) electrons. The third kappa shape index (κ3) is 4.22. The van der Waals surface area contributed by atoms with Crippen molar-refractivity contribution in [3.8, 4) is 0 Å². The second-order valence-corrected chi connectivity index (χ2v) is 4.90. The summed E-state index contributed by atoms with van der Waals surface area (Å²) in [4.78, 5) is 13.6. The first-order valence-corrected chi connectivity index (χ1v) is 6.75. The fourth-order valence-electron chi connectivity index (χ4n) is 1.81. The number of nitrogens with two attached hydrogens (primary N) is 1. The van der Waals surface area contributed by atoms with E-state index in [-0.39, 0.29) is 5.91 Å². The normalized spacial score (nSPS) is 10.4. The first-order valence-electron chi connectivity index (χ1n) is 6.37. The lowest BCUT2D eigenvalue weighted by Crippen LogP contribution is -2.26. The van der Waals surface area contributed by atoms with Crippen molar-refractivity contribution < 1.29 is 4.79 Å². The molecule has 0 aliphatic carbocycles. The van der Waals surface area contributed by atoms with Gasteiger partial charge in [-0.1, -0.05) is 37.8 Å². The van der Waals surface area contributed by atoms with E-state index in [9.17, 15) is 4.79 Å². The smallest absolute Gasteiger partial charge is 0.226 e. The van der Waals surface area contributed by atoms with Gasteiger partial charge < -0.3 is 10.6 Å². The van der Waals surface area contributed by atoms with Crippen molar-refractivity contribution in [3.05, 3.63) is 23.2 Å². The van der Waals surface area contributed by atoms with Crippen LogP contribution >= 0.6 is 11.6 Å². The summed E-state index contributed by atoms with van der Waals surface area (Å²) in [5, 5.41) is 0.588. The number of hydrogen-bond acceptors (Lipinski definition) is 2. The first-order chi connectivity index (χ1) is 8.56. The summed E-state index contributed by atoms with van der Waals surface area (Å²) in [5.74, 6) is 0.0834. The van der Waals surface area contributed by atoms with Gasteiger partial charge in [0.1, 0.15) is 0 Å². The maximum atomic E-state index is 12.0. The lowest BCUT2D eigenvalue weighted by molar-refractivity contribution is -0.118. The lowest BCUT2D eigenvalue weighted by atomic mass is 10.1. The first kappa shape index (κ1) is 14.8. The number of benzene rings is 1. The minimum atomic E-state index is 0.0834. The monoisotopic (exact) mass is 268 g/mol. The SMILES string of the molecule is CCCCCCC(=O)N(C)c1cc(Cl)ccc1N. The molecule has 0 bridgehead atoms. The van der Waals surface area contributed by atoms with E-state index < -0.39 is 0 Å². The Morgan fingerprint density at radius 3 is 2.72 bits per heavy atom. The molecule has 0 aliphatic rings. The van der Waals surface area contributed by atoms with Gasteiger partial charge in [0, 0.05) is 18.5 Å². The third-order valence-electron chi connectivity index (χ3n) is 2.97. The van der Waals surface area contributed by atoms with Crippen LogP contribution < -0.4 is 10.6 Å². The number of unbranched alkanes of at least 4 members (excludes halogenated alkanes) is 3. The molecular weight excluding hydrogens is 248 g/mol. The zero-order valence-electron chi connectivity index (χ0n) is 11.1. The maximum Gasteiger partial charge on any atom is 0.226 e. The van der Waals surface area contributed by atoms with Gasteiger partial charge >= 0.3 is 0 Å². The molecule has 1 rings (SSSR count). The second kappa shape index (κ2) is 7.27. The Balaban J connectivity index is 2.60. The highest BCUT2D eigenvalue weighted by Crippen LogP contribution is 2.26. The zero-order valence-corrected chi connectivity index (χ0v) is 11.8. The van der Waals surface area contributed by atoms with E-state index in [0.29, 0.717) is 22.8 Å².